The SMILES string of the molecule is COc1cc(F)c(-c2ccc(C[C@@H](N)C(=O)O)cc2)cc1C(=O)N[C@@H]1[C@H]2CC[C@H](C2)[C@@H]1C(=O)Nc1cccc(S(=O)(=O)C(F)(F)F)c1. The molecular weight excluding hydrogens is 646 g/mol. The highest BCUT2D eigenvalue weighted by Crippen LogP contribution is 2.49. The number of fused-ring (bicyclic) bond motifs is 2. The van der Waals surface area contributed by atoms with Crippen LogP contribution in [0.1, 0.15) is 35.2 Å². The third kappa shape index (κ3) is 6.81. The zero-order chi connectivity index (χ0) is 34.3. The van der Waals surface area contributed by atoms with Crippen LogP contribution < -0.4 is 21.1 Å². The number of hydrogen-bond donors (Lipinski definition) is 4. The lowest BCUT2D eigenvalue weighted by atomic mass is 9.83. The largest absolute Gasteiger partial charge is 0.501 e. The Morgan fingerprint density at radius 2 is 1.72 bits per heavy atom. The van der Waals surface area contributed by atoms with Crippen molar-refractivity contribution >= 4 is 33.3 Å². The number of hydrogen-bond acceptors (Lipinski definition) is 7. The van der Waals surface area contributed by atoms with E-state index in [1.807, 2.05) is 0 Å². The number of nitrogens with two attached hydrogens (primary N) is 1. The maximum absolute atomic E-state index is 15.2. The Morgan fingerprint density at radius 1 is 1.04 bits per heavy atom. The van der Waals surface area contributed by atoms with Crippen molar-refractivity contribution in [3.05, 3.63) is 77.6 Å². The molecule has 5 rings (SSSR count). The van der Waals surface area contributed by atoms with Crippen LogP contribution in [0.3, 0.4) is 0 Å². The Balaban J connectivity index is 1.37. The predicted molar refractivity (Wildman–Crippen MR) is 162 cm³/mol. The molecule has 2 bridgehead atoms. The minimum atomic E-state index is -5.64. The summed E-state index contributed by atoms with van der Waals surface area (Å²) in [7, 11) is -4.37. The maximum Gasteiger partial charge on any atom is 0.501 e. The van der Waals surface area contributed by atoms with Gasteiger partial charge in [-0.1, -0.05) is 30.3 Å². The second-order valence-electron chi connectivity index (χ2n) is 11.7. The normalized spacial score (nSPS) is 21.2. The first-order valence-corrected chi connectivity index (χ1v) is 16.1. The molecule has 3 aromatic carbocycles. The zero-order valence-electron chi connectivity index (χ0n) is 24.9. The number of methoxy groups -OCH3 is 1. The van der Waals surface area contributed by atoms with E-state index in [2.05, 4.69) is 10.6 Å². The van der Waals surface area contributed by atoms with Gasteiger partial charge >= 0.3 is 11.5 Å². The molecule has 2 fully saturated rings. The number of amides is 2. The van der Waals surface area contributed by atoms with Crippen LogP contribution in [0.2, 0.25) is 0 Å². The lowest BCUT2D eigenvalue weighted by Crippen LogP contribution is -2.48. The van der Waals surface area contributed by atoms with Gasteiger partial charge in [-0.15, -0.1) is 0 Å². The van der Waals surface area contributed by atoms with Gasteiger partial charge in [0.05, 0.1) is 23.5 Å². The van der Waals surface area contributed by atoms with Gasteiger partial charge in [-0.2, -0.15) is 13.2 Å². The van der Waals surface area contributed by atoms with Crippen molar-refractivity contribution in [2.24, 2.45) is 23.5 Å². The summed E-state index contributed by atoms with van der Waals surface area (Å²) in [5.74, 6) is -4.10. The molecule has 0 radical (unpaired) electrons. The molecule has 10 nitrogen and oxygen atoms in total. The van der Waals surface area contributed by atoms with Crippen LogP contribution in [0, 0.1) is 23.6 Å². The molecule has 5 atom stereocenters. The topological polar surface area (TPSA) is 165 Å². The van der Waals surface area contributed by atoms with Crippen molar-refractivity contribution < 1.29 is 50.2 Å². The number of halogens is 4. The number of carbonyl (C=O) groups excluding carboxylic acids is 2. The van der Waals surface area contributed by atoms with Gasteiger partial charge in [-0.3, -0.25) is 14.4 Å². The van der Waals surface area contributed by atoms with Crippen LogP contribution in [0.15, 0.2) is 65.6 Å². The summed E-state index contributed by atoms with van der Waals surface area (Å²) in [5.41, 5.74) is 1.02. The molecule has 2 saturated carbocycles. The summed E-state index contributed by atoms with van der Waals surface area (Å²) < 4.78 is 83.5. The third-order valence-corrected chi connectivity index (χ3v) is 10.3. The molecule has 15 heteroatoms. The Hall–Kier alpha value is -4.50. The summed E-state index contributed by atoms with van der Waals surface area (Å²) in [5, 5.41) is 14.5. The fraction of sp³-hybridized carbons (Fsp3) is 0.344. The summed E-state index contributed by atoms with van der Waals surface area (Å²) in [4.78, 5) is 37.2. The van der Waals surface area contributed by atoms with Crippen LogP contribution in [0.4, 0.5) is 23.2 Å². The molecule has 0 unspecified atom stereocenters. The Morgan fingerprint density at radius 3 is 2.36 bits per heavy atom. The van der Waals surface area contributed by atoms with Crippen LogP contribution in [-0.4, -0.2) is 56.0 Å². The third-order valence-electron chi connectivity index (χ3n) is 8.81. The van der Waals surface area contributed by atoms with Crippen molar-refractivity contribution in [3.63, 3.8) is 0 Å². The van der Waals surface area contributed by atoms with E-state index in [4.69, 9.17) is 15.6 Å². The van der Waals surface area contributed by atoms with Crippen molar-refractivity contribution in [2.45, 2.75) is 48.2 Å². The van der Waals surface area contributed by atoms with Gasteiger partial charge in [-0.05, 0) is 72.9 Å². The first-order valence-electron chi connectivity index (χ1n) is 14.6. The number of ether oxygens (including phenoxy) is 1. The van der Waals surface area contributed by atoms with E-state index >= 15 is 4.39 Å². The highest BCUT2D eigenvalue weighted by molar-refractivity contribution is 7.92. The number of aliphatic carboxylic acids is 1. The van der Waals surface area contributed by atoms with Gasteiger partial charge in [-0.25, -0.2) is 12.8 Å². The fourth-order valence-electron chi connectivity index (χ4n) is 6.49. The monoisotopic (exact) mass is 677 g/mol. The first kappa shape index (κ1) is 33.9. The van der Waals surface area contributed by atoms with E-state index < -0.39 is 61.8 Å². The fourth-order valence-corrected chi connectivity index (χ4v) is 7.30. The van der Waals surface area contributed by atoms with E-state index in [0.717, 1.165) is 30.7 Å². The number of carboxylic acid groups (broad SMARTS) is 1. The zero-order valence-corrected chi connectivity index (χ0v) is 25.7. The number of nitrogens with one attached hydrogen (secondary N) is 2. The standard InChI is InChI=1S/C32H31F4N3O7S/c1-46-26-15-24(33)22(17-7-5-16(6-8-17)11-25(37)31(42)43)14-23(26)29(40)39-28-19-10-9-18(12-19)27(28)30(41)38-20-3-2-4-21(13-20)47(44,45)32(34,35)36/h2-8,13-15,18-19,25,27-28H,9-12,37H2,1H3,(H,38,41)(H,39,40)(H,42,43)/t18-,19+,25-,27+,28-/m1/s1. The van der Waals surface area contributed by atoms with E-state index in [-0.39, 0.29) is 40.8 Å². The predicted octanol–water partition coefficient (Wildman–Crippen LogP) is 4.53. The van der Waals surface area contributed by atoms with E-state index in [1.54, 1.807) is 24.3 Å². The number of benzene rings is 3. The summed E-state index contributed by atoms with van der Waals surface area (Å²) >= 11 is 0. The molecule has 250 valence electrons. The minimum Gasteiger partial charge on any atom is -0.496 e. The summed E-state index contributed by atoms with van der Waals surface area (Å²) in [6.07, 6.45) is 2.09. The molecule has 2 aliphatic rings. The van der Waals surface area contributed by atoms with Gasteiger partial charge in [0.2, 0.25) is 5.91 Å². The van der Waals surface area contributed by atoms with Crippen molar-refractivity contribution in [1.29, 1.82) is 0 Å². The number of sulfone groups is 1. The molecule has 0 aliphatic heterocycles. The molecule has 0 heterocycles. The molecule has 0 spiro atoms. The average molecular weight is 678 g/mol. The van der Waals surface area contributed by atoms with Crippen LogP contribution in [-0.2, 0) is 25.8 Å². The van der Waals surface area contributed by atoms with E-state index in [9.17, 15) is 36.0 Å². The van der Waals surface area contributed by atoms with Crippen LogP contribution in [0.5, 0.6) is 5.75 Å². The molecule has 0 saturated heterocycles. The lowest BCUT2D eigenvalue weighted by molar-refractivity contribution is -0.138. The van der Waals surface area contributed by atoms with E-state index in [0.29, 0.717) is 24.0 Å². The molecule has 0 aromatic heterocycles. The van der Waals surface area contributed by atoms with Crippen molar-refractivity contribution in [1.82, 2.24) is 5.32 Å². The summed E-state index contributed by atoms with van der Waals surface area (Å²) in [6.45, 7) is 0. The second kappa shape index (κ2) is 13.0. The van der Waals surface area contributed by atoms with Gasteiger partial charge in [0.15, 0.2) is 0 Å². The number of alkyl halides is 3. The van der Waals surface area contributed by atoms with Crippen LogP contribution in [0.25, 0.3) is 11.1 Å². The summed E-state index contributed by atoms with van der Waals surface area (Å²) in [6, 6.07) is 10.8. The molecule has 2 aliphatic carbocycles. The van der Waals surface area contributed by atoms with Gasteiger partial charge in [0.25, 0.3) is 15.7 Å². The quantitative estimate of drug-likeness (QED) is 0.227. The number of rotatable bonds is 10. The number of anilines is 1. The van der Waals surface area contributed by atoms with Gasteiger partial charge in [0, 0.05) is 23.4 Å². The number of carbonyl (C=O) groups is 3. The maximum atomic E-state index is 15.2. The Kier molecular flexibility index (Phi) is 9.33. The van der Waals surface area contributed by atoms with Crippen molar-refractivity contribution in [3.8, 4) is 16.9 Å². The Labute approximate surface area is 267 Å². The number of carboxylic acids is 1. The molecule has 3 aromatic rings. The first-order chi connectivity index (χ1) is 22.1. The highest BCUT2D eigenvalue weighted by atomic mass is 32.2. The van der Waals surface area contributed by atoms with Crippen LogP contribution >= 0.6 is 0 Å². The molecule has 2 amide bonds. The van der Waals surface area contributed by atoms with Crippen molar-refractivity contribution in [2.75, 3.05) is 12.4 Å². The van der Waals surface area contributed by atoms with E-state index in [1.165, 1.54) is 19.2 Å². The molecule has 5 N–H and O–H groups in total. The minimum absolute atomic E-state index is 0.00661. The molecule has 47 heavy (non-hydrogen) atoms. The Bertz CT molecular complexity index is 1820. The highest BCUT2D eigenvalue weighted by Gasteiger charge is 2.52. The molecular formula is C32H31F4N3O7S. The average Bonchev–Trinajstić information content (AvgIpc) is 3.63. The smallest absolute Gasteiger partial charge is 0.496 e. The van der Waals surface area contributed by atoms with Gasteiger partial charge < -0.3 is 26.2 Å². The lowest BCUT2D eigenvalue weighted by Gasteiger charge is -2.31. The van der Waals surface area contributed by atoms with Gasteiger partial charge in [0.1, 0.15) is 17.6 Å². The second-order valence-corrected chi connectivity index (χ2v) is 13.6.